The monoisotopic (exact) mass is 514 g/mol. The van der Waals surface area contributed by atoms with Crippen LogP contribution in [0.5, 0.6) is 17.2 Å². The third-order valence-corrected chi connectivity index (χ3v) is 6.37. The van der Waals surface area contributed by atoms with Gasteiger partial charge in [-0.3, -0.25) is 10.1 Å². The SMILES string of the molecule is CCCOc1ccc(-c2csc(NC(=O)C=Cc3ccc(OCc4ccccc4C)c(OC)c3)n2)cc1. The van der Waals surface area contributed by atoms with Crippen LogP contribution >= 0.6 is 11.3 Å². The Morgan fingerprint density at radius 2 is 1.84 bits per heavy atom. The number of rotatable bonds is 11. The molecule has 1 aromatic heterocycles. The van der Waals surface area contributed by atoms with Gasteiger partial charge in [0, 0.05) is 17.0 Å². The molecule has 0 radical (unpaired) electrons. The Hall–Kier alpha value is -4.10. The lowest BCUT2D eigenvalue weighted by Crippen LogP contribution is -2.07. The summed E-state index contributed by atoms with van der Waals surface area (Å²) in [5, 5.41) is 5.28. The molecule has 0 spiro atoms. The molecule has 0 fully saturated rings. The van der Waals surface area contributed by atoms with Gasteiger partial charge in [-0.05, 0) is 72.5 Å². The molecule has 0 bridgehead atoms. The van der Waals surface area contributed by atoms with Gasteiger partial charge in [0.05, 0.1) is 19.4 Å². The Balaban J connectivity index is 1.34. The predicted molar refractivity (Wildman–Crippen MR) is 150 cm³/mol. The maximum atomic E-state index is 12.5. The highest BCUT2D eigenvalue weighted by atomic mass is 32.1. The second kappa shape index (κ2) is 12.7. The molecule has 0 aliphatic carbocycles. The third kappa shape index (κ3) is 7.21. The second-order valence-electron chi connectivity index (χ2n) is 8.36. The number of aryl methyl sites for hydroxylation is 1. The van der Waals surface area contributed by atoms with Crippen molar-refractivity contribution in [3.63, 3.8) is 0 Å². The van der Waals surface area contributed by atoms with Crippen molar-refractivity contribution in [3.8, 4) is 28.5 Å². The van der Waals surface area contributed by atoms with E-state index in [-0.39, 0.29) is 5.91 Å². The van der Waals surface area contributed by atoms with Crippen molar-refractivity contribution in [1.29, 1.82) is 0 Å². The van der Waals surface area contributed by atoms with E-state index in [2.05, 4.69) is 30.2 Å². The second-order valence-corrected chi connectivity index (χ2v) is 9.22. The van der Waals surface area contributed by atoms with Gasteiger partial charge in [0.25, 0.3) is 0 Å². The molecule has 0 saturated carbocycles. The summed E-state index contributed by atoms with van der Waals surface area (Å²) >= 11 is 1.38. The lowest BCUT2D eigenvalue weighted by atomic mass is 10.1. The number of carbonyl (C=O) groups is 1. The summed E-state index contributed by atoms with van der Waals surface area (Å²) < 4.78 is 17.1. The van der Waals surface area contributed by atoms with E-state index in [0.717, 1.165) is 34.6 Å². The summed E-state index contributed by atoms with van der Waals surface area (Å²) in [6.45, 7) is 5.28. The first-order valence-electron chi connectivity index (χ1n) is 12.1. The molecule has 1 amide bonds. The van der Waals surface area contributed by atoms with Crippen LogP contribution in [-0.2, 0) is 11.4 Å². The molecule has 0 saturated heterocycles. The Bertz CT molecular complexity index is 1360. The van der Waals surface area contributed by atoms with Gasteiger partial charge in [0.15, 0.2) is 16.6 Å². The van der Waals surface area contributed by atoms with Crippen LogP contribution in [0.1, 0.15) is 30.0 Å². The summed E-state index contributed by atoms with van der Waals surface area (Å²) in [5.41, 5.74) is 4.88. The molecule has 0 aliphatic rings. The topological polar surface area (TPSA) is 69.7 Å². The van der Waals surface area contributed by atoms with E-state index in [4.69, 9.17) is 14.2 Å². The number of carbonyl (C=O) groups excluding carboxylic acids is 1. The molecular weight excluding hydrogens is 484 g/mol. The number of amides is 1. The number of hydrogen-bond acceptors (Lipinski definition) is 6. The van der Waals surface area contributed by atoms with Gasteiger partial charge in [-0.25, -0.2) is 4.98 Å². The van der Waals surface area contributed by atoms with Crippen molar-refractivity contribution < 1.29 is 19.0 Å². The van der Waals surface area contributed by atoms with E-state index in [9.17, 15) is 4.79 Å². The number of thiazole rings is 1. The number of nitrogens with one attached hydrogen (secondary N) is 1. The molecule has 1 heterocycles. The predicted octanol–water partition coefficient (Wildman–Crippen LogP) is 7.15. The van der Waals surface area contributed by atoms with Crippen molar-refractivity contribution in [3.05, 3.63) is 94.9 Å². The summed E-state index contributed by atoms with van der Waals surface area (Å²) in [7, 11) is 1.60. The van der Waals surface area contributed by atoms with Crippen molar-refractivity contribution in [2.75, 3.05) is 19.0 Å². The Morgan fingerprint density at radius 3 is 2.59 bits per heavy atom. The number of ether oxygens (including phenoxy) is 3. The molecule has 6 nitrogen and oxygen atoms in total. The van der Waals surface area contributed by atoms with Crippen LogP contribution in [0, 0.1) is 6.92 Å². The summed E-state index contributed by atoms with van der Waals surface area (Å²) in [6.07, 6.45) is 4.17. The zero-order chi connectivity index (χ0) is 26.0. The molecule has 0 unspecified atom stereocenters. The highest BCUT2D eigenvalue weighted by Gasteiger charge is 2.09. The van der Waals surface area contributed by atoms with Crippen LogP contribution < -0.4 is 19.5 Å². The standard InChI is InChI=1S/C30H30N2O4S/c1-4-17-35-25-13-11-23(12-14-25)26-20-37-30(31-26)32-29(33)16-10-22-9-15-27(28(18-22)34-3)36-19-24-8-6-5-7-21(24)2/h5-16,18,20H,4,17,19H2,1-3H3,(H,31,32,33). The summed E-state index contributed by atoms with van der Waals surface area (Å²) in [6, 6.07) is 21.5. The van der Waals surface area contributed by atoms with E-state index in [0.29, 0.717) is 29.8 Å². The molecule has 3 aromatic carbocycles. The summed E-state index contributed by atoms with van der Waals surface area (Å²) in [5.74, 6) is 1.82. The van der Waals surface area contributed by atoms with Gasteiger partial charge in [-0.2, -0.15) is 0 Å². The maximum absolute atomic E-state index is 12.5. The van der Waals surface area contributed by atoms with Gasteiger partial charge in [0.2, 0.25) is 5.91 Å². The first-order valence-corrected chi connectivity index (χ1v) is 13.0. The molecule has 190 valence electrons. The molecule has 37 heavy (non-hydrogen) atoms. The quantitative estimate of drug-likeness (QED) is 0.215. The molecule has 7 heteroatoms. The number of aromatic nitrogens is 1. The zero-order valence-corrected chi connectivity index (χ0v) is 22.0. The first-order chi connectivity index (χ1) is 18.1. The highest BCUT2D eigenvalue weighted by molar-refractivity contribution is 7.14. The van der Waals surface area contributed by atoms with Crippen molar-refractivity contribution >= 4 is 28.5 Å². The fourth-order valence-electron chi connectivity index (χ4n) is 3.56. The van der Waals surface area contributed by atoms with E-state index < -0.39 is 0 Å². The van der Waals surface area contributed by atoms with Crippen molar-refractivity contribution in [1.82, 2.24) is 4.98 Å². The summed E-state index contributed by atoms with van der Waals surface area (Å²) in [4.78, 5) is 17.0. The lowest BCUT2D eigenvalue weighted by molar-refractivity contribution is -0.111. The minimum atomic E-state index is -0.261. The van der Waals surface area contributed by atoms with Gasteiger partial charge in [-0.15, -0.1) is 11.3 Å². The van der Waals surface area contributed by atoms with Crippen LogP contribution in [0.15, 0.2) is 78.2 Å². The van der Waals surface area contributed by atoms with Crippen LogP contribution in [0.2, 0.25) is 0 Å². The molecule has 0 aliphatic heterocycles. The number of benzene rings is 3. The van der Waals surface area contributed by atoms with E-state index in [1.165, 1.54) is 23.0 Å². The van der Waals surface area contributed by atoms with E-state index in [1.807, 2.05) is 66.0 Å². The van der Waals surface area contributed by atoms with Gasteiger partial charge < -0.3 is 14.2 Å². The normalized spacial score (nSPS) is 10.9. The Labute approximate surface area is 221 Å². The smallest absolute Gasteiger partial charge is 0.250 e. The van der Waals surface area contributed by atoms with Crippen LogP contribution in [0.25, 0.3) is 17.3 Å². The number of hydrogen-bond donors (Lipinski definition) is 1. The number of anilines is 1. The largest absolute Gasteiger partial charge is 0.494 e. The fraction of sp³-hybridized carbons (Fsp3) is 0.200. The zero-order valence-electron chi connectivity index (χ0n) is 21.2. The van der Waals surface area contributed by atoms with Crippen molar-refractivity contribution in [2.45, 2.75) is 26.9 Å². The number of nitrogens with zero attached hydrogens (tertiary/aromatic N) is 1. The molecule has 4 rings (SSSR count). The van der Waals surface area contributed by atoms with E-state index in [1.54, 1.807) is 13.2 Å². The van der Waals surface area contributed by atoms with Crippen LogP contribution in [0.3, 0.4) is 0 Å². The van der Waals surface area contributed by atoms with Gasteiger partial charge >= 0.3 is 0 Å². The van der Waals surface area contributed by atoms with Crippen LogP contribution in [-0.4, -0.2) is 24.6 Å². The fourth-order valence-corrected chi connectivity index (χ4v) is 4.28. The average Bonchev–Trinajstić information content (AvgIpc) is 3.39. The lowest BCUT2D eigenvalue weighted by Gasteiger charge is -2.12. The molecule has 0 atom stereocenters. The molecular formula is C30H30N2O4S. The molecule has 1 N–H and O–H groups in total. The maximum Gasteiger partial charge on any atom is 0.250 e. The Morgan fingerprint density at radius 1 is 1.03 bits per heavy atom. The third-order valence-electron chi connectivity index (χ3n) is 5.62. The van der Waals surface area contributed by atoms with Gasteiger partial charge in [-0.1, -0.05) is 37.3 Å². The first kappa shape index (κ1) is 26.0. The van der Waals surface area contributed by atoms with Crippen LogP contribution in [0.4, 0.5) is 5.13 Å². The van der Waals surface area contributed by atoms with Gasteiger partial charge in [0.1, 0.15) is 12.4 Å². The minimum Gasteiger partial charge on any atom is -0.494 e. The minimum absolute atomic E-state index is 0.261. The highest BCUT2D eigenvalue weighted by Crippen LogP contribution is 2.30. The number of methoxy groups -OCH3 is 1. The average molecular weight is 515 g/mol. The Kier molecular flexibility index (Phi) is 8.94. The molecule has 4 aromatic rings. The van der Waals surface area contributed by atoms with E-state index >= 15 is 0 Å². The van der Waals surface area contributed by atoms with Crippen molar-refractivity contribution in [2.24, 2.45) is 0 Å².